The van der Waals surface area contributed by atoms with Crippen molar-refractivity contribution in [1.82, 2.24) is 25.0 Å². The number of thiophene rings is 1. The van der Waals surface area contributed by atoms with E-state index in [4.69, 9.17) is 0 Å². The summed E-state index contributed by atoms with van der Waals surface area (Å²) in [6.45, 7) is 7.50. The number of anilines is 1. The Morgan fingerprint density at radius 1 is 1.08 bits per heavy atom. The molecule has 0 unspecified atom stereocenters. The van der Waals surface area contributed by atoms with Gasteiger partial charge in [-0.2, -0.15) is 0 Å². The van der Waals surface area contributed by atoms with Crippen molar-refractivity contribution in [1.29, 1.82) is 0 Å². The Labute approximate surface area is 214 Å². The molecule has 0 bridgehead atoms. The number of halogens is 1. The van der Waals surface area contributed by atoms with Crippen LogP contribution in [0.5, 0.6) is 0 Å². The monoisotopic (exact) mass is 500 g/mol. The Balaban J connectivity index is 0.00000130. The molecule has 0 aliphatic heterocycles. The van der Waals surface area contributed by atoms with E-state index in [0.29, 0.717) is 24.7 Å². The fourth-order valence-corrected chi connectivity index (χ4v) is 5.53. The Kier molecular flexibility index (Phi) is 6.78. The number of fused-ring (bicyclic) bond motifs is 1. The summed E-state index contributed by atoms with van der Waals surface area (Å²) in [6, 6.07) is 17.0. The van der Waals surface area contributed by atoms with E-state index >= 15 is 0 Å². The van der Waals surface area contributed by atoms with Crippen molar-refractivity contribution in [2.24, 2.45) is 0 Å². The molecule has 6 rings (SSSR count). The molecule has 0 amide bonds. The first-order valence-corrected chi connectivity index (χ1v) is 13.2. The molecule has 0 atom stereocenters. The lowest BCUT2D eigenvalue weighted by Crippen LogP contribution is -2.13. The molecule has 8 heteroatoms. The maximum absolute atomic E-state index is 14.8. The van der Waals surface area contributed by atoms with E-state index in [0.717, 1.165) is 15.0 Å². The van der Waals surface area contributed by atoms with E-state index in [9.17, 15) is 4.39 Å². The largest absolute Gasteiger partial charge is 0.352 e. The first kappa shape index (κ1) is 24.1. The molecule has 184 valence electrons. The smallest absolute Gasteiger partial charge is 0.223 e. The highest BCUT2D eigenvalue weighted by atomic mass is 32.1. The lowest BCUT2D eigenvalue weighted by Gasteiger charge is -2.15. The Morgan fingerprint density at radius 2 is 1.89 bits per heavy atom. The van der Waals surface area contributed by atoms with E-state index < -0.39 is 5.82 Å². The number of benzene rings is 2. The van der Waals surface area contributed by atoms with Gasteiger partial charge in [0.25, 0.3) is 0 Å². The summed E-state index contributed by atoms with van der Waals surface area (Å²) < 4.78 is 17.7. The molecule has 2 aromatic carbocycles. The van der Waals surface area contributed by atoms with Gasteiger partial charge in [-0.3, -0.25) is 4.68 Å². The SMILES string of the molecule is CC.CC1(c2ccccc2-c2cccc3cc(-c4nc(NCCn5ccnn5)ncc4F)sc23)CC1. The van der Waals surface area contributed by atoms with Gasteiger partial charge in [-0.25, -0.2) is 14.4 Å². The zero-order valence-electron chi connectivity index (χ0n) is 20.7. The summed E-state index contributed by atoms with van der Waals surface area (Å²) >= 11 is 1.58. The summed E-state index contributed by atoms with van der Waals surface area (Å²) in [5, 5.41) is 12.0. The molecule has 1 saturated carbocycles. The van der Waals surface area contributed by atoms with Crippen LogP contribution in [0.4, 0.5) is 10.3 Å². The fourth-order valence-electron chi connectivity index (χ4n) is 4.35. The molecule has 36 heavy (non-hydrogen) atoms. The van der Waals surface area contributed by atoms with Gasteiger partial charge in [0.1, 0.15) is 5.69 Å². The average molecular weight is 501 g/mol. The number of hydrogen-bond donors (Lipinski definition) is 1. The van der Waals surface area contributed by atoms with Crippen LogP contribution in [0.15, 0.2) is 67.1 Å². The van der Waals surface area contributed by atoms with Crippen LogP contribution in [0.1, 0.15) is 39.2 Å². The van der Waals surface area contributed by atoms with Crippen molar-refractivity contribution in [3.8, 4) is 21.7 Å². The van der Waals surface area contributed by atoms with Crippen molar-refractivity contribution >= 4 is 27.4 Å². The van der Waals surface area contributed by atoms with Gasteiger partial charge in [0, 0.05) is 17.4 Å². The summed E-state index contributed by atoms with van der Waals surface area (Å²) in [4.78, 5) is 9.39. The molecule has 5 aromatic rings. The molecule has 1 N–H and O–H groups in total. The molecule has 1 aliphatic carbocycles. The van der Waals surface area contributed by atoms with Gasteiger partial charge in [-0.1, -0.05) is 68.4 Å². The zero-order chi connectivity index (χ0) is 25.1. The maximum Gasteiger partial charge on any atom is 0.223 e. The third-order valence-electron chi connectivity index (χ3n) is 6.49. The molecule has 3 aromatic heterocycles. The number of nitrogens with one attached hydrogen (secondary N) is 1. The van der Waals surface area contributed by atoms with Crippen LogP contribution < -0.4 is 5.32 Å². The minimum atomic E-state index is -0.430. The quantitative estimate of drug-likeness (QED) is 0.262. The average Bonchev–Trinajstić information content (AvgIpc) is 3.28. The Morgan fingerprint density at radius 3 is 2.67 bits per heavy atom. The van der Waals surface area contributed by atoms with Crippen LogP contribution >= 0.6 is 11.3 Å². The number of nitrogens with zero attached hydrogens (tertiary/aromatic N) is 5. The normalized spacial score (nSPS) is 13.8. The molecule has 0 saturated heterocycles. The Hall–Kier alpha value is -3.65. The molecular formula is C28H29FN6S. The molecule has 1 fully saturated rings. The maximum atomic E-state index is 14.8. The van der Waals surface area contributed by atoms with Gasteiger partial charge in [-0.15, -0.1) is 16.4 Å². The standard InChI is InChI=1S/C26H23FN6S.C2H6/c1-26(9-10-26)20-8-3-2-6-18(20)19-7-4-5-17-15-22(34-24(17)19)23-21(27)16-29-25(31-23)28-11-13-33-14-12-30-32-33;1-2/h2-8,12,14-16H,9-11,13H2,1H3,(H,28,29,31);1-2H3. The van der Waals surface area contributed by atoms with E-state index in [1.54, 1.807) is 28.4 Å². The van der Waals surface area contributed by atoms with Gasteiger partial charge in [0.2, 0.25) is 5.95 Å². The van der Waals surface area contributed by atoms with Crippen LogP contribution in [-0.2, 0) is 12.0 Å². The number of hydrogen-bond acceptors (Lipinski definition) is 6. The predicted octanol–water partition coefficient (Wildman–Crippen LogP) is 6.95. The molecular weight excluding hydrogens is 471 g/mol. The second kappa shape index (κ2) is 10.1. The number of aromatic nitrogens is 5. The van der Waals surface area contributed by atoms with Crippen LogP contribution in [0, 0.1) is 5.82 Å². The summed E-state index contributed by atoms with van der Waals surface area (Å²) in [7, 11) is 0. The Bertz CT molecular complexity index is 1470. The zero-order valence-corrected chi connectivity index (χ0v) is 21.5. The summed E-state index contributed by atoms with van der Waals surface area (Å²) in [6.07, 6.45) is 7.08. The van der Waals surface area contributed by atoms with Crippen LogP contribution in [-0.4, -0.2) is 31.5 Å². The van der Waals surface area contributed by atoms with Crippen molar-refractivity contribution in [3.63, 3.8) is 0 Å². The van der Waals surface area contributed by atoms with Gasteiger partial charge in [0.05, 0.1) is 23.8 Å². The van der Waals surface area contributed by atoms with Crippen molar-refractivity contribution in [3.05, 3.63) is 78.5 Å². The second-order valence-electron chi connectivity index (χ2n) is 8.92. The van der Waals surface area contributed by atoms with E-state index in [-0.39, 0.29) is 5.41 Å². The first-order valence-electron chi connectivity index (χ1n) is 12.3. The summed E-state index contributed by atoms with van der Waals surface area (Å²) in [5.74, 6) is -0.0398. The van der Waals surface area contributed by atoms with E-state index in [1.165, 1.54) is 35.7 Å². The first-order chi connectivity index (χ1) is 17.6. The van der Waals surface area contributed by atoms with Gasteiger partial charge >= 0.3 is 0 Å². The highest BCUT2D eigenvalue weighted by molar-refractivity contribution is 7.22. The van der Waals surface area contributed by atoms with Crippen molar-refractivity contribution in [2.75, 3.05) is 11.9 Å². The number of rotatable bonds is 7. The highest BCUT2D eigenvalue weighted by Gasteiger charge is 2.40. The van der Waals surface area contributed by atoms with Crippen LogP contribution in [0.3, 0.4) is 0 Å². The third-order valence-corrected chi connectivity index (χ3v) is 7.68. The molecule has 0 radical (unpaired) electrons. The molecule has 1 aliphatic rings. The molecule has 6 nitrogen and oxygen atoms in total. The molecule has 0 spiro atoms. The minimum absolute atomic E-state index is 0.254. The second-order valence-corrected chi connectivity index (χ2v) is 9.98. The van der Waals surface area contributed by atoms with Gasteiger partial charge in [0.15, 0.2) is 5.82 Å². The predicted molar refractivity (Wildman–Crippen MR) is 145 cm³/mol. The summed E-state index contributed by atoms with van der Waals surface area (Å²) in [5.41, 5.74) is 4.42. The van der Waals surface area contributed by atoms with Gasteiger partial charge in [-0.05, 0) is 46.4 Å². The third kappa shape index (κ3) is 4.73. The topological polar surface area (TPSA) is 68.5 Å². The fraction of sp³-hybridized carbons (Fsp3) is 0.286. The van der Waals surface area contributed by atoms with Crippen molar-refractivity contribution < 1.29 is 4.39 Å². The van der Waals surface area contributed by atoms with Crippen molar-refractivity contribution in [2.45, 2.75) is 45.6 Å². The van der Waals surface area contributed by atoms with Crippen LogP contribution in [0.2, 0.25) is 0 Å². The lowest BCUT2D eigenvalue weighted by atomic mass is 9.89. The highest BCUT2D eigenvalue weighted by Crippen LogP contribution is 2.51. The van der Waals surface area contributed by atoms with E-state index in [1.807, 2.05) is 19.9 Å². The molecule has 3 heterocycles. The van der Waals surface area contributed by atoms with E-state index in [2.05, 4.69) is 75.0 Å². The van der Waals surface area contributed by atoms with Gasteiger partial charge < -0.3 is 5.32 Å². The minimum Gasteiger partial charge on any atom is -0.352 e. The van der Waals surface area contributed by atoms with Crippen LogP contribution in [0.25, 0.3) is 31.8 Å². The lowest BCUT2D eigenvalue weighted by molar-refractivity contribution is 0.604.